The highest BCUT2D eigenvalue weighted by molar-refractivity contribution is 9.11. The van der Waals surface area contributed by atoms with E-state index in [4.69, 9.17) is 11.6 Å². The molecule has 1 aromatic carbocycles. The molecule has 0 saturated carbocycles. The summed E-state index contributed by atoms with van der Waals surface area (Å²) in [4.78, 5) is 2.12. The van der Waals surface area contributed by atoms with Gasteiger partial charge in [0.2, 0.25) is 0 Å². The van der Waals surface area contributed by atoms with Gasteiger partial charge in [0.15, 0.2) is 0 Å². The highest BCUT2D eigenvalue weighted by atomic mass is 79.9. The Bertz CT molecular complexity index is 836. The summed E-state index contributed by atoms with van der Waals surface area (Å²) in [5.74, 6) is -0.359. The smallest absolute Gasteiger partial charge is 0.252 e. The van der Waals surface area contributed by atoms with Crippen molar-refractivity contribution >= 4 is 48.9 Å². The number of piperazine rings is 1. The van der Waals surface area contributed by atoms with Crippen molar-refractivity contribution in [1.82, 2.24) is 9.21 Å². The molecule has 4 nitrogen and oxygen atoms in total. The largest absolute Gasteiger partial charge is 0.296 e. The molecule has 9 heteroatoms. The van der Waals surface area contributed by atoms with Gasteiger partial charge in [-0.3, -0.25) is 4.90 Å². The monoisotopic (exact) mass is 452 g/mol. The van der Waals surface area contributed by atoms with Gasteiger partial charge in [0.25, 0.3) is 10.0 Å². The Labute approximate surface area is 158 Å². The van der Waals surface area contributed by atoms with Crippen LogP contribution in [0.2, 0.25) is 5.02 Å². The van der Waals surface area contributed by atoms with Gasteiger partial charge in [0.05, 0.1) is 3.79 Å². The molecule has 1 aromatic heterocycles. The zero-order valence-electron chi connectivity index (χ0n) is 12.6. The molecule has 0 N–H and O–H groups in total. The van der Waals surface area contributed by atoms with Crippen LogP contribution in [-0.2, 0) is 16.6 Å². The topological polar surface area (TPSA) is 40.6 Å². The van der Waals surface area contributed by atoms with E-state index >= 15 is 0 Å². The highest BCUT2D eigenvalue weighted by Crippen LogP contribution is 2.29. The van der Waals surface area contributed by atoms with Crippen molar-refractivity contribution in [2.75, 3.05) is 26.2 Å². The predicted molar refractivity (Wildman–Crippen MR) is 97.5 cm³/mol. The molecule has 2 aromatic rings. The van der Waals surface area contributed by atoms with Crippen molar-refractivity contribution in [3.63, 3.8) is 0 Å². The van der Waals surface area contributed by atoms with Crippen LogP contribution in [0.5, 0.6) is 0 Å². The van der Waals surface area contributed by atoms with Gasteiger partial charge in [-0.2, -0.15) is 4.31 Å². The average Bonchev–Trinajstić information content (AvgIpc) is 2.98. The third-order valence-corrected chi connectivity index (χ3v) is 8.22. The van der Waals surface area contributed by atoms with Crippen molar-refractivity contribution in [1.29, 1.82) is 0 Å². The first kappa shape index (κ1) is 18.3. The summed E-state index contributed by atoms with van der Waals surface area (Å²) < 4.78 is 40.9. The number of thiophene rings is 1. The lowest BCUT2D eigenvalue weighted by Gasteiger charge is -2.33. The summed E-state index contributed by atoms with van der Waals surface area (Å²) in [5, 5.41) is 0.397. The second kappa shape index (κ2) is 7.39. The molecule has 1 saturated heterocycles. The van der Waals surface area contributed by atoms with Gasteiger partial charge in [-0.1, -0.05) is 17.7 Å². The molecule has 2 heterocycles. The summed E-state index contributed by atoms with van der Waals surface area (Å²) in [5.41, 5.74) is 0.844. The van der Waals surface area contributed by atoms with Crippen LogP contribution in [-0.4, -0.2) is 43.8 Å². The van der Waals surface area contributed by atoms with Crippen molar-refractivity contribution in [3.05, 3.63) is 50.5 Å². The summed E-state index contributed by atoms with van der Waals surface area (Å²) in [7, 11) is -3.43. The van der Waals surface area contributed by atoms with Gasteiger partial charge in [-0.05, 0) is 45.8 Å². The quantitative estimate of drug-likeness (QED) is 0.707. The van der Waals surface area contributed by atoms with Crippen LogP contribution in [0.15, 0.2) is 38.3 Å². The Kier molecular flexibility index (Phi) is 5.63. The SMILES string of the molecule is O=S(=O)(c1ccc(Br)s1)N1CCN(Cc2ccc(F)cc2Cl)CC1. The van der Waals surface area contributed by atoms with Gasteiger partial charge < -0.3 is 0 Å². The molecular weight excluding hydrogens is 439 g/mol. The number of hydrogen-bond acceptors (Lipinski definition) is 4. The van der Waals surface area contributed by atoms with E-state index in [0.29, 0.717) is 42.0 Å². The van der Waals surface area contributed by atoms with Crippen molar-refractivity contribution in [2.45, 2.75) is 10.8 Å². The Morgan fingerprint density at radius 2 is 1.88 bits per heavy atom. The van der Waals surface area contributed by atoms with E-state index in [2.05, 4.69) is 20.8 Å². The summed E-state index contributed by atoms with van der Waals surface area (Å²) in [6.45, 7) is 2.66. The fourth-order valence-electron chi connectivity index (χ4n) is 2.58. The van der Waals surface area contributed by atoms with Gasteiger partial charge >= 0.3 is 0 Å². The zero-order chi connectivity index (χ0) is 17.3. The molecule has 0 atom stereocenters. The third-order valence-electron chi connectivity index (χ3n) is 3.88. The Balaban J connectivity index is 1.63. The summed E-state index contributed by atoms with van der Waals surface area (Å²) in [6, 6.07) is 7.71. The van der Waals surface area contributed by atoms with Crippen LogP contribution in [0.25, 0.3) is 0 Å². The molecule has 3 rings (SSSR count). The molecule has 0 bridgehead atoms. The van der Waals surface area contributed by atoms with E-state index in [9.17, 15) is 12.8 Å². The lowest BCUT2D eigenvalue weighted by atomic mass is 10.2. The van der Waals surface area contributed by atoms with Crippen molar-refractivity contribution < 1.29 is 12.8 Å². The minimum Gasteiger partial charge on any atom is -0.296 e. The number of halogens is 3. The lowest BCUT2D eigenvalue weighted by Crippen LogP contribution is -2.48. The molecular formula is C15H15BrClFN2O2S2. The van der Waals surface area contributed by atoms with E-state index in [1.54, 1.807) is 18.2 Å². The number of benzene rings is 1. The molecule has 0 unspecified atom stereocenters. The molecule has 0 amide bonds. The van der Waals surface area contributed by atoms with Gasteiger partial charge in [-0.25, -0.2) is 12.8 Å². The number of nitrogens with zero attached hydrogens (tertiary/aromatic N) is 2. The van der Waals surface area contributed by atoms with Crippen LogP contribution in [0.1, 0.15) is 5.56 Å². The van der Waals surface area contributed by atoms with Gasteiger partial charge in [-0.15, -0.1) is 11.3 Å². The first-order chi connectivity index (χ1) is 11.4. The molecule has 0 spiro atoms. The van der Waals surface area contributed by atoms with Crippen LogP contribution >= 0.6 is 38.9 Å². The predicted octanol–water partition coefficient (Wildman–Crippen LogP) is 3.81. The zero-order valence-corrected chi connectivity index (χ0v) is 16.6. The minimum absolute atomic E-state index is 0.351. The van der Waals surface area contributed by atoms with Gasteiger partial charge in [0.1, 0.15) is 10.0 Å². The first-order valence-electron chi connectivity index (χ1n) is 7.28. The van der Waals surface area contributed by atoms with E-state index in [1.807, 2.05) is 0 Å². The fraction of sp³-hybridized carbons (Fsp3) is 0.333. The fourth-order valence-corrected chi connectivity index (χ4v) is 6.40. The van der Waals surface area contributed by atoms with Crippen LogP contribution in [0.4, 0.5) is 4.39 Å². The molecule has 24 heavy (non-hydrogen) atoms. The third kappa shape index (κ3) is 4.00. The Morgan fingerprint density at radius 3 is 2.46 bits per heavy atom. The second-order valence-corrected chi connectivity index (χ2v) is 10.5. The Hall–Kier alpha value is -0.510. The molecule has 130 valence electrons. The highest BCUT2D eigenvalue weighted by Gasteiger charge is 2.29. The van der Waals surface area contributed by atoms with E-state index < -0.39 is 10.0 Å². The summed E-state index contributed by atoms with van der Waals surface area (Å²) in [6.07, 6.45) is 0. The van der Waals surface area contributed by atoms with Gasteiger partial charge in [0, 0.05) is 37.7 Å². The lowest BCUT2D eigenvalue weighted by molar-refractivity contribution is 0.182. The maximum absolute atomic E-state index is 13.1. The second-order valence-electron chi connectivity index (χ2n) is 5.47. The minimum atomic E-state index is -3.43. The maximum atomic E-state index is 13.1. The first-order valence-corrected chi connectivity index (χ1v) is 10.7. The van der Waals surface area contributed by atoms with Crippen LogP contribution < -0.4 is 0 Å². The van der Waals surface area contributed by atoms with Crippen molar-refractivity contribution in [2.24, 2.45) is 0 Å². The number of hydrogen-bond donors (Lipinski definition) is 0. The molecule has 0 radical (unpaired) electrons. The van der Waals surface area contributed by atoms with Crippen LogP contribution in [0, 0.1) is 5.82 Å². The average molecular weight is 454 g/mol. The molecule has 1 aliphatic heterocycles. The normalized spacial score (nSPS) is 17.3. The van der Waals surface area contributed by atoms with E-state index in [-0.39, 0.29) is 5.82 Å². The molecule has 0 aliphatic carbocycles. The Morgan fingerprint density at radius 1 is 1.17 bits per heavy atom. The number of rotatable bonds is 4. The molecule has 1 fully saturated rings. The standard InChI is InChI=1S/C15H15BrClFN2O2S2/c16-14-3-4-15(23-14)24(21,22)20-7-5-19(6-8-20)10-11-1-2-12(18)9-13(11)17/h1-4,9H,5-8,10H2. The maximum Gasteiger partial charge on any atom is 0.252 e. The van der Waals surface area contributed by atoms with Crippen LogP contribution in [0.3, 0.4) is 0 Å². The van der Waals surface area contributed by atoms with E-state index in [1.165, 1.54) is 27.8 Å². The summed E-state index contributed by atoms with van der Waals surface area (Å²) >= 11 is 10.6. The number of sulfonamides is 1. The van der Waals surface area contributed by atoms with Crippen molar-refractivity contribution in [3.8, 4) is 0 Å². The van der Waals surface area contributed by atoms with E-state index in [0.717, 1.165) is 9.35 Å². The molecule has 1 aliphatic rings.